The van der Waals surface area contributed by atoms with Crippen molar-refractivity contribution in [1.82, 2.24) is 15.1 Å². The van der Waals surface area contributed by atoms with Crippen LogP contribution >= 0.6 is 0 Å². The number of hydrogen-bond acceptors (Lipinski definition) is 7. The van der Waals surface area contributed by atoms with E-state index in [2.05, 4.69) is 10.6 Å². The molecule has 14 heteroatoms. The van der Waals surface area contributed by atoms with E-state index >= 15 is 0 Å². The Morgan fingerprint density at radius 1 is 1.08 bits per heavy atom. The van der Waals surface area contributed by atoms with Crippen LogP contribution < -0.4 is 10.6 Å². The zero-order valence-electron chi connectivity index (χ0n) is 27.6. The van der Waals surface area contributed by atoms with Crippen molar-refractivity contribution in [3.63, 3.8) is 0 Å². The second kappa shape index (κ2) is 14.3. The lowest BCUT2D eigenvalue weighted by atomic mass is 10.0. The molecule has 0 radical (unpaired) electrons. The second-order valence-corrected chi connectivity index (χ2v) is 13.3. The maximum absolute atomic E-state index is 14.4. The Bertz CT molecular complexity index is 1670. The molecule has 50 heavy (non-hydrogen) atoms. The van der Waals surface area contributed by atoms with E-state index in [1.807, 2.05) is 12.2 Å². The molecule has 0 bridgehead atoms. The highest BCUT2D eigenvalue weighted by atomic mass is 19.4. The van der Waals surface area contributed by atoms with Crippen LogP contribution in [0.1, 0.15) is 68.6 Å². The van der Waals surface area contributed by atoms with E-state index in [1.54, 1.807) is 19.1 Å². The molecule has 2 aromatic rings. The summed E-state index contributed by atoms with van der Waals surface area (Å²) in [6.07, 6.45) is 0.869. The fraction of sp³-hybridized carbons (Fsp3) is 0.500. The van der Waals surface area contributed by atoms with Crippen LogP contribution in [0.4, 0.5) is 28.0 Å². The fourth-order valence-electron chi connectivity index (χ4n) is 7.11. The topological polar surface area (TPSA) is 117 Å². The smallest absolute Gasteiger partial charge is 0.416 e. The molecule has 6 rings (SSSR count). The van der Waals surface area contributed by atoms with Gasteiger partial charge in [0, 0.05) is 30.1 Å². The van der Waals surface area contributed by atoms with Gasteiger partial charge in [-0.25, -0.2) is 14.0 Å². The molecule has 0 spiro atoms. The Labute approximate surface area is 287 Å². The van der Waals surface area contributed by atoms with Crippen molar-refractivity contribution in [1.29, 1.82) is 0 Å². The first-order chi connectivity index (χ1) is 23.9. The van der Waals surface area contributed by atoms with E-state index in [-0.39, 0.29) is 50.7 Å². The maximum Gasteiger partial charge on any atom is 0.416 e. The summed E-state index contributed by atoms with van der Waals surface area (Å²) in [4.78, 5) is 57.4. The fourth-order valence-corrected chi connectivity index (χ4v) is 7.11. The number of rotatable bonds is 5. The average Bonchev–Trinajstić information content (AvgIpc) is 3.38. The first-order valence-corrected chi connectivity index (χ1v) is 17.0. The van der Waals surface area contributed by atoms with Gasteiger partial charge in [0.1, 0.15) is 29.5 Å². The number of halogens is 4. The molecule has 0 unspecified atom stereocenters. The average molecular weight is 701 g/mol. The molecule has 4 aliphatic rings. The van der Waals surface area contributed by atoms with Gasteiger partial charge in [-0.05, 0) is 62.4 Å². The van der Waals surface area contributed by atoms with Gasteiger partial charge in [-0.1, -0.05) is 43.2 Å². The van der Waals surface area contributed by atoms with E-state index in [1.165, 1.54) is 28.0 Å². The summed E-state index contributed by atoms with van der Waals surface area (Å²) in [5.74, 6) is -2.51. The van der Waals surface area contributed by atoms with Crippen molar-refractivity contribution in [3.8, 4) is 0 Å². The van der Waals surface area contributed by atoms with Crippen molar-refractivity contribution in [2.24, 2.45) is 5.92 Å². The Morgan fingerprint density at radius 2 is 1.88 bits per heavy atom. The molecular weight excluding hydrogens is 660 g/mol. The molecule has 1 saturated carbocycles. The van der Waals surface area contributed by atoms with Gasteiger partial charge >= 0.3 is 18.2 Å². The Balaban J connectivity index is 1.27. The van der Waals surface area contributed by atoms with Gasteiger partial charge in [-0.15, -0.1) is 0 Å². The minimum absolute atomic E-state index is 0.0000689. The van der Waals surface area contributed by atoms with Crippen LogP contribution in [0.2, 0.25) is 0 Å². The number of fused-ring (bicyclic) bond motifs is 3. The molecule has 10 nitrogen and oxygen atoms in total. The molecule has 268 valence electrons. The summed E-state index contributed by atoms with van der Waals surface area (Å²) in [5.41, 5.74) is -1.06. The lowest BCUT2D eigenvalue weighted by molar-refractivity contribution is -0.150. The molecule has 1 aliphatic carbocycles. The summed E-state index contributed by atoms with van der Waals surface area (Å²) in [7, 11) is 0. The quantitative estimate of drug-likeness (QED) is 0.233. The van der Waals surface area contributed by atoms with Crippen molar-refractivity contribution in [3.05, 3.63) is 77.1 Å². The van der Waals surface area contributed by atoms with E-state index in [0.717, 1.165) is 25.0 Å². The largest absolute Gasteiger partial charge is 0.464 e. The number of benzene rings is 2. The summed E-state index contributed by atoms with van der Waals surface area (Å²) >= 11 is 0. The van der Waals surface area contributed by atoms with Gasteiger partial charge < -0.3 is 25.0 Å². The number of esters is 1. The number of alkyl halides is 3. The zero-order valence-corrected chi connectivity index (χ0v) is 27.6. The molecule has 2 N–H and O–H groups in total. The molecule has 3 amide bonds. The van der Waals surface area contributed by atoms with Gasteiger partial charge in [0.15, 0.2) is 0 Å². The summed E-state index contributed by atoms with van der Waals surface area (Å²) in [5, 5.41) is 5.83. The van der Waals surface area contributed by atoms with E-state index in [9.17, 15) is 36.7 Å². The highest BCUT2D eigenvalue weighted by molar-refractivity contribution is 5.96. The van der Waals surface area contributed by atoms with Crippen molar-refractivity contribution in [2.75, 3.05) is 18.5 Å². The lowest BCUT2D eigenvalue weighted by Crippen LogP contribution is -2.55. The summed E-state index contributed by atoms with van der Waals surface area (Å²) in [6, 6.07) is 6.98. The van der Waals surface area contributed by atoms with Gasteiger partial charge in [0.05, 0.1) is 25.3 Å². The van der Waals surface area contributed by atoms with Crippen LogP contribution in [-0.4, -0.2) is 70.6 Å². The maximum atomic E-state index is 14.4. The molecule has 3 heterocycles. The molecule has 1 saturated heterocycles. The third-order valence-electron chi connectivity index (χ3n) is 9.86. The van der Waals surface area contributed by atoms with Crippen LogP contribution in [0, 0.1) is 11.7 Å². The SMILES string of the molecule is CCOC(=O)[C@@]12C[C@@H]1/C=C\CCCCC[C@H](Nc1cccc(C(F)(F)F)c1)C(=O)N1C[C@H](OC(=O)N3Cc4cccc(F)c4C3)C[C@H]1C(=O)N2. The summed E-state index contributed by atoms with van der Waals surface area (Å²) < 4.78 is 66.1. The van der Waals surface area contributed by atoms with E-state index in [0.29, 0.717) is 30.4 Å². The number of hydrogen-bond donors (Lipinski definition) is 2. The zero-order chi connectivity index (χ0) is 35.6. The third-order valence-corrected chi connectivity index (χ3v) is 9.86. The van der Waals surface area contributed by atoms with Gasteiger partial charge in [-0.3, -0.25) is 14.5 Å². The molecule has 5 atom stereocenters. The number of carbonyl (C=O) groups is 4. The van der Waals surface area contributed by atoms with Crippen LogP contribution in [0.3, 0.4) is 0 Å². The highest BCUT2D eigenvalue weighted by Crippen LogP contribution is 2.46. The first kappa shape index (κ1) is 35.2. The Morgan fingerprint density at radius 3 is 2.64 bits per heavy atom. The normalized spacial score (nSPS) is 27.5. The van der Waals surface area contributed by atoms with Crippen LogP contribution in [0.25, 0.3) is 0 Å². The van der Waals surface area contributed by atoms with E-state index < -0.39 is 65.2 Å². The van der Waals surface area contributed by atoms with Crippen molar-refractivity contribution < 1.29 is 46.2 Å². The number of nitrogens with zero attached hydrogens (tertiary/aromatic N) is 2. The van der Waals surface area contributed by atoms with Crippen LogP contribution in [0.15, 0.2) is 54.6 Å². The van der Waals surface area contributed by atoms with Gasteiger partial charge in [0.25, 0.3) is 0 Å². The molecule has 2 aromatic carbocycles. The predicted molar refractivity (Wildman–Crippen MR) is 173 cm³/mol. The third kappa shape index (κ3) is 7.43. The van der Waals surface area contributed by atoms with Gasteiger partial charge in [0.2, 0.25) is 11.8 Å². The highest BCUT2D eigenvalue weighted by Gasteiger charge is 2.62. The molecule has 0 aromatic heterocycles. The van der Waals surface area contributed by atoms with Crippen LogP contribution in [0.5, 0.6) is 0 Å². The first-order valence-electron chi connectivity index (χ1n) is 17.0. The van der Waals surface area contributed by atoms with Crippen molar-refractivity contribution >= 4 is 29.6 Å². The van der Waals surface area contributed by atoms with Crippen molar-refractivity contribution in [2.45, 2.75) is 94.9 Å². The lowest BCUT2D eigenvalue weighted by Gasteiger charge is -2.30. The van der Waals surface area contributed by atoms with Crippen LogP contribution in [-0.2, 0) is 43.1 Å². The Kier molecular flexibility index (Phi) is 10.1. The second-order valence-electron chi connectivity index (χ2n) is 13.3. The number of anilines is 1. The summed E-state index contributed by atoms with van der Waals surface area (Å²) in [6.45, 7) is 1.73. The monoisotopic (exact) mass is 700 g/mol. The van der Waals surface area contributed by atoms with Gasteiger partial charge in [-0.2, -0.15) is 13.2 Å². The number of ether oxygens (including phenoxy) is 2. The minimum Gasteiger partial charge on any atom is -0.464 e. The Hall–Kier alpha value is -4.62. The number of amides is 3. The minimum atomic E-state index is -4.59. The number of nitrogens with one attached hydrogen (secondary N) is 2. The molecular formula is C36H40F4N4O6. The molecule has 2 fully saturated rings. The number of allylic oxidation sites excluding steroid dienone is 1. The standard InChI is InChI=1S/C36H40F4N4O6/c1-2-49-33(47)35-18-24(35)11-6-4-3-5-7-15-29(41-25-13-9-12-23(16-25)36(38,39)40)32(46)44-20-26(17-30(44)31(45)42-35)50-34(48)43-19-22-10-8-14-28(37)27(22)21-43/h6,8-14,16,24,26,29-30,41H,2-5,7,15,17-21H2,1H3,(H,42,45)/b11-6-/t24-,26+,29-,30-,35+/m0/s1. The molecule has 3 aliphatic heterocycles. The number of carbonyl (C=O) groups excluding carboxylic acids is 4. The predicted octanol–water partition coefficient (Wildman–Crippen LogP) is 5.71. The van der Waals surface area contributed by atoms with E-state index in [4.69, 9.17) is 9.47 Å².